The van der Waals surface area contributed by atoms with Gasteiger partial charge in [0.1, 0.15) is 5.75 Å². The number of nitrogens with zero attached hydrogens (tertiary/aromatic N) is 1. The molecule has 116 valence electrons. The van der Waals surface area contributed by atoms with E-state index in [1.165, 1.54) is 22.5 Å². The average molecular weight is 314 g/mol. The van der Waals surface area contributed by atoms with Gasteiger partial charge in [-0.05, 0) is 32.0 Å². The Bertz CT molecular complexity index is 642. The van der Waals surface area contributed by atoms with Crippen LogP contribution in [0.1, 0.15) is 13.8 Å². The van der Waals surface area contributed by atoms with Crippen molar-refractivity contribution in [3.8, 4) is 5.75 Å². The Morgan fingerprint density at radius 2 is 2.14 bits per heavy atom. The highest BCUT2D eigenvalue weighted by atomic mass is 32.2. The van der Waals surface area contributed by atoms with Crippen molar-refractivity contribution in [3.05, 3.63) is 18.2 Å². The molecular formula is C13H18N2O5S. The number of hydrogen-bond donors (Lipinski definition) is 2. The summed E-state index contributed by atoms with van der Waals surface area (Å²) in [6.45, 7) is 3.14. The van der Waals surface area contributed by atoms with Crippen molar-refractivity contribution < 1.29 is 23.1 Å². The molecule has 0 bridgehead atoms. The molecule has 2 rings (SSSR count). The summed E-state index contributed by atoms with van der Waals surface area (Å²) < 4.78 is 31.6. The van der Waals surface area contributed by atoms with Gasteiger partial charge >= 0.3 is 0 Å². The first kappa shape index (κ1) is 15.7. The summed E-state index contributed by atoms with van der Waals surface area (Å²) in [4.78, 5) is 11.4. The fourth-order valence-corrected chi connectivity index (χ4v) is 3.77. The summed E-state index contributed by atoms with van der Waals surface area (Å²) in [6, 6.07) is 4.02. The Hall–Kier alpha value is -1.64. The van der Waals surface area contributed by atoms with Crippen molar-refractivity contribution in [1.29, 1.82) is 0 Å². The van der Waals surface area contributed by atoms with Crippen LogP contribution in [0, 0.1) is 0 Å². The van der Waals surface area contributed by atoms with Gasteiger partial charge in [-0.3, -0.25) is 4.79 Å². The Morgan fingerprint density at radius 1 is 1.43 bits per heavy atom. The van der Waals surface area contributed by atoms with E-state index in [-0.39, 0.29) is 36.6 Å². The SMILES string of the molecule is CC(C)N(CCO)S(=O)(=O)c1ccc2c(c1)NC(=O)CO2. The molecule has 8 heteroatoms. The lowest BCUT2D eigenvalue weighted by Gasteiger charge is -2.26. The minimum absolute atomic E-state index is 0.0138. The molecule has 0 aromatic heterocycles. The molecule has 0 radical (unpaired) electrons. The van der Waals surface area contributed by atoms with Gasteiger partial charge < -0.3 is 15.2 Å². The second-order valence-electron chi connectivity index (χ2n) is 4.93. The number of sulfonamides is 1. The molecule has 7 nitrogen and oxygen atoms in total. The van der Waals surface area contributed by atoms with Crippen molar-refractivity contribution in [2.24, 2.45) is 0 Å². The van der Waals surface area contributed by atoms with Crippen LogP contribution in [0.15, 0.2) is 23.1 Å². The Balaban J connectivity index is 2.40. The minimum Gasteiger partial charge on any atom is -0.482 e. The second kappa shape index (κ2) is 6.00. The predicted octanol–water partition coefficient (Wildman–Crippen LogP) is 0.409. The van der Waals surface area contributed by atoms with Crippen LogP contribution in [0.5, 0.6) is 5.75 Å². The van der Waals surface area contributed by atoms with Gasteiger partial charge in [0.2, 0.25) is 10.0 Å². The number of amides is 1. The number of aliphatic hydroxyl groups is 1. The smallest absolute Gasteiger partial charge is 0.262 e. The van der Waals surface area contributed by atoms with Crippen molar-refractivity contribution in [2.45, 2.75) is 24.8 Å². The molecule has 0 fully saturated rings. The fourth-order valence-electron chi connectivity index (χ4n) is 2.11. The van der Waals surface area contributed by atoms with E-state index in [4.69, 9.17) is 9.84 Å². The molecule has 1 aromatic rings. The molecule has 1 amide bonds. The highest BCUT2D eigenvalue weighted by Gasteiger charge is 2.28. The molecule has 1 aliphatic rings. The zero-order valence-electron chi connectivity index (χ0n) is 11.9. The van der Waals surface area contributed by atoms with Crippen molar-refractivity contribution in [1.82, 2.24) is 4.31 Å². The van der Waals surface area contributed by atoms with Crippen LogP contribution in [0.25, 0.3) is 0 Å². The third-order valence-corrected chi connectivity index (χ3v) is 5.16. The monoisotopic (exact) mass is 314 g/mol. The normalized spacial score (nSPS) is 14.8. The number of ether oxygens (including phenoxy) is 1. The first-order chi connectivity index (χ1) is 9.86. The molecule has 1 aliphatic heterocycles. The lowest BCUT2D eigenvalue weighted by Crippen LogP contribution is -2.39. The van der Waals surface area contributed by atoms with Crippen LogP contribution >= 0.6 is 0 Å². The molecular weight excluding hydrogens is 296 g/mol. The van der Waals surface area contributed by atoms with Gasteiger partial charge in [-0.2, -0.15) is 4.31 Å². The first-order valence-electron chi connectivity index (χ1n) is 6.55. The lowest BCUT2D eigenvalue weighted by molar-refractivity contribution is -0.118. The molecule has 1 heterocycles. The number of benzene rings is 1. The van der Waals surface area contributed by atoms with Gasteiger partial charge in [-0.25, -0.2) is 8.42 Å². The van der Waals surface area contributed by atoms with E-state index in [1.807, 2.05) is 0 Å². The summed E-state index contributed by atoms with van der Waals surface area (Å²) in [5, 5.41) is 11.6. The minimum atomic E-state index is -3.75. The summed E-state index contributed by atoms with van der Waals surface area (Å²) in [5.74, 6) is 0.111. The van der Waals surface area contributed by atoms with Crippen molar-refractivity contribution in [3.63, 3.8) is 0 Å². The van der Waals surface area contributed by atoms with Gasteiger partial charge in [0, 0.05) is 12.6 Å². The molecule has 0 saturated carbocycles. The molecule has 0 atom stereocenters. The number of rotatable bonds is 5. The van der Waals surface area contributed by atoms with Crippen LogP contribution in [0.4, 0.5) is 5.69 Å². The quantitative estimate of drug-likeness (QED) is 0.820. The fraction of sp³-hybridized carbons (Fsp3) is 0.462. The summed E-state index contributed by atoms with van der Waals surface area (Å²) in [6.07, 6.45) is 0. The van der Waals surface area contributed by atoms with Gasteiger partial charge in [0.25, 0.3) is 5.91 Å². The van der Waals surface area contributed by atoms with Gasteiger partial charge in [0.05, 0.1) is 17.2 Å². The second-order valence-corrected chi connectivity index (χ2v) is 6.82. The Morgan fingerprint density at radius 3 is 2.76 bits per heavy atom. The first-order valence-corrected chi connectivity index (χ1v) is 7.99. The van der Waals surface area contributed by atoms with Gasteiger partial charge in [-0.15, -0.1) is 0 Å². The molecule has 0 unspecified atom stereocenters. The molecule has 0 saturated heterocycles. The highest BCUT2D eigenvalue weighted by Crippen LogP contribution is 2.31. The predicted molar refractivity (Wildman–Crippen MR) is 76.7 cm³/mol. The van der Waals surface area contributed by atoms with E-state index < -0.39 is 10.0 Å². The number of aliphatic hydroxyl groups excluding tert-OH is 1. The summed E-state index contributed by atoms with van der Waals surface area (Å²) in [7, 11) is -3.75. The topological polar surface area (TPSA) is 95.9 Å². The number of fused-ring (bicyclic) bond motifs is 1. The molecule has 21 heavy (non-hydrogen) atoms. The largest absolute Gasteiger partial charge is 0.482 e. The van der Waals surface area contributed by atoms with Crippen molar-refractivity contribution >= 4 is 21.6 Å². The zero-order valence-corrected chi connectivity index (χ0v) is 12.7. The summed E-state index contributed by atoms with van der Waals surface area (Å²) >= 11 is 0. The molecule has 1 aromatic carbocycles. The maximum atomic E-state index is 12.6. The maximum absolute atomic E-state index is 12.6. The molecule has 0 aliphatic carbocycles. The number of hydrogen-bond acceptors (Lipinski definition) is 5. The third-order valence-electron chi connectivity index (χ3n) is 3.09. The molecule has 2 N–H and O–H groups in total. The van der Waals surface area contributed by atoms with Crippen LogP contribution < -0.4 is 10.1 Å². The average Bonchev–Trinajstić information content (AvgIpc) is 2.43. The van der Waals surface area contributed by atoms with Crippen LogP contribution in [-0.2, 0) is 14.8 Å². The third kappa shape index (κ3) is 3.17. The number of carbonyl (C=O) groups is 1. The zero-order chi connectivity index (χ0) is 15.6. The maximum Gasteiger partial charge on any atom is 0.262 e. The van der Waals surface area contributed by atoms with Crippen LogP contribution in [0.2, 0.25) is 0 Å². The van der Waals surface area contributed by atoms with Crippen molar-refractivity contribution in [2.75, 3.05) is 25.1 Å². The number of carbonyl (C=O) groups excluding carboxylic acids is 1. The van der Waals surface area contributed by atoms with E-state index in [2.05, 4.69) is 5.32 Å². The molecule has 0 spiro atoms. The Kier molecular flexibility index (Phi) is 4.50. The number of nitrogens with one attached hydrogen (secondary N) is 1. The lowest BCUT2D eigenvalue weighted by atomic mass is 10.2. The van der Waals surface area contributed by atoms with E-state index in [0.717, 1.165) is 0 Å². The Labute approximate surface area is 123 Å². The van der Waals surface area contributed by atoms with E-state index in [9.17, 15) is 13.2 Å². The van der Waals surface area contributed by atoms with Crippen LogP contribution in [-0.4, -0.2) is 49.5 Å². The standard InChI is InChI=1S/C13H18N2O5S/c1-9(2)15(5-6-16)21(18,19)10-3-4-12-11(7-10)14-13(17)8-20-12/h3-4,7,9,16H,5-6,8H2,1-2H3,(H,14,17). The highest BCUT2D eigenvalue weighted by molar-refractivity contribution is 7.89. The van der Waals surface area contributed by atoms with E-state index >= 15 is 0 Å². The van der Waals surface area contributed by atoms with Gasteiger partial charge in [-0.1, -0.05) is 0 Å². The van der Waals surface area contributed by atoms with Gasteiger partial charge in [0.15, 0.2) is 6.61 Å². The van der Waals surface area contributed by atoms with E-state index in [0.29, 0.717) is 11.4 Å². The van der Waals surface area contributed by atoms with Crippen LogP contribution in [0.3, 0.4) is 0 Å². The number of anilines is 1. The summed E-state index contributed by atoms with van der Waals surface area (Å²) in [5.41, 5.74) is 0.333. The van der Waals surface area contributed by atoms with E-state index in [1.54, 1.807) is 13.8 Å².